The molecular weight excluding hydrogens is 226 g/mol. The quantitative estimate of drug-likeness (QED) is 0.881. The number of nitrogens with zero attached hydrogens (tertiary/aromatic N) is 1. The molecule has 3 rings (SSSR count). The van der Waals surface area contributed by atoms with E-state index in [-0.39, 0.29) is 0 Å². The minimum Gasteiger partial charge on any atom is -0.481 e. The highest BCUT2D eigenvalue weighted by Crippen LogP contribution is 2.39. The molecule has 1 aromatic heterocycles. The number of carboxylic acids is 1. The van der Waals surface area contributed by atoms with Gasteiger partial charge in [-0.2, -0.15) is 0 Å². The maximum atomic E-state index is 11.5. The maximum Gasteiger partial charge on any atom is 0.313 e. The fourth-order valence-corrected chi connectivity index (χ4v) is 3.22. The molecule has 2 heterocycles. The summed E-state index contributed by atoms with van der Waals surface area (Å²) in [4.78, 5) is 11.5. The third kappa shape index (κ3) is 1.22. The molecule has 1 aliphatic rings. The first-order valence-electron chi connectivity index (χ1n) is 6.29. The molecule has 0 radical (unpaired) electrons. The van der Waals surface area contributed by atoms with E-state index in [1.54, 1.807) is 13.8 Å². The van der Waals surface area contributed by atoms with Gasteiger partial charge in [0.05, 0.1) is 10.9 Å². The maximum absolute atomic E-state index is 11.5. The van der Waals surface area contributed by atoms with Crippen molar-refractivity contribution in [2.75, 3.05) is 0 Å². The number of benzene rings is 1. The van der Waals surface area contributed by atoms with Crippen molar-refractivity contribution in [3.8, 4) is 0 Å². The molecule has 3 nitrogen and oxygen atoms in total. The van der Waals surface area contributed by atoms with E-state index in [1.807, 2.05) is 19.1 Å². The number of rotatable bonds is 2. The fourth-order valence-electron chi connectivity index (χ4n) is 3.22. The monoisotopic (exact) mass is 243 g/mol. The average Bonchev–Trinajstić information content (AvgIpc) is 2.84. The standard InChI is InChI=1S/C15H17NO2/c1-9-12(15(2,3)14(17)18)11-6-4-5-10-7-8-16(9)13(10)11/h4-6H,7-8H2,1-3H3,(H,17,18). The van der Waals surface area contributed by atoms with Crippen LogP contribution in [0.3, 0.4) is 0 Å². The van der Waals surface area contributed by atoms with Crippen molar-refractivity contribution in [1.82, 2.24) is 4.57 Å². The third-order valence-electron chi connectivity index (χ3n) is 4.19. The molecule has 1 aliphatic heterocycles. The lowest BCUT2D eigenvalue weighted by Crippen LogP contribution is -2.29. The Balaban J connectivity index is 2.42. The van der Waals surface area contributed by atoms with Crippen molar-refractivity contribution in [2.45, 2.75) is 39.2 Å². The van der Waals surface area contributed by atoms with Crippen molar-refractivity contribution in [2.24, 2.45) is 0 Å². The Bertz CT molecular complexity index is 665. The summed E-state index contributed by atoms with van der Waals surface area (Å²) in [7, 11) is 0. The number of aliphatic carboxylic acids is 1. The predicted octanol–water partition coefficient (Wildman–Crippen LogP) is 2.87. The van der Waals surface area contributed by atoms with Crippen LogP contribution in [0.5, 0.6) is 0 Å². The molecular formula is C15H17NO2. The van der Waals surface area contributed by atoms with Gasteiger partial charge >= 0.3 is 5.97 Å². The molecule has 0 atom stereocenters. The van der Waals surface area contributed by atoms with Gasteiger partial charge in [-0.25, -0.2) is 0 Å². The Kier molecular flexibility index (Phi) is 2.12. The van der Waals surface area contributed by atoms with E-state index in [1.165, 1.54) is 11.1 Å². The van der Waals surface area contributed by atoms with Crippen LogP contribution in [0.2, 0.25) is 0 Å². The van der Waals surface area contributed by atoms with Crippen LogP contribution >= 0.6 is 0 Å². The summed E-state index contributed by atoms with van der Waals surface area (Å²) in [5.74, 6) is -0.768. The first-order valence-corrected chi connectivity index (χ1v) is 6.29. The summed E-state index contributed by atoms with van der Waals surface area (Å²) in [6.45, 7) is 6.58. The first kappa shape index (κ1) is 11.3. The normalized spacial score (nSPS) is 14.4. The number of carboxylic acid groups (broad SMARTS) is 1. The van der Waals surface area contributed by atoms with Crippen LogP contribution in [-0.2, 0) is 23.2 Å². The molecule has 0 unspecified atom stereocenters. The van der Waals surface area contributed by atoms with Crippen LogP contribution in [0.25, 0.3) is 10.9 Å². The number of para-hydroxylation sites is 1. The molecule has 1 N–H and O–H groups in total. The Morgan fingerprint density at radius 2 is 2.11 bits per heavy atom. The summed E-state index contributed by atoms with van der Waals surface area (Å²) in [5, 5.41) is 10.6. The minimum absolute atomic E-state index is 0.768. The molecule has 3 heteroatoms. The van der Waals surface area contributed by atoms with Crippen molar-refractivity contribution in [1.29, 1.82) is 0 Å². The lowest BCUT2D eigenvalue weighted by atomic mass is 9.82. The number of aromatic nitrogens is 1. The third-order valence-corrected chi connectivity index (χ3v) is 4.19. The molecule has 0 saturated heterocycles. The topological polar surface area (TPSA) is 42.2 Å². The van der Waals surface area contributed by atoms with E-state index < -0.39 is 11.4 Å². The Morgan fingerprint density at radius 3 is 2.78 bits per heavy atom. The molecule has 0 bridgehead atoms. The Hall–Kier alpha value is -1.77. The second-order valence-corrected chi connectivity index (χ2v) is 5.61. The van der Waals surface area contributed by atoms with Gasteiger partial charge < -0.3 is 9.67 Å². The summed E-state index contributed by atoms with van der Waals surface area (Å²) in [6, 6.07) is 6.23. The zero-order valence-electron chi connectivity index (χ0n) is 10.9. The van der Waals surface area contributed by atoms with Gasteiger partial charge in [-0.1, -0.05) is 18.2 Å². The Labute approximate surface area is 106 Å². The molecule has 1 aromatic carbocycles. The molecule has 0 spiro atoms. The van der Waals surface area contributed by atoms with Gasteiger partial charge in [-0.3, -0.25) is 4.79 Å². The molecule has 0 aliphatic carbocycles. The molecule has 0 fully saturated rings. The van der Waals surface area contributed by atoms with Gasteiger partial charge in [0.1, 0.15) is 0 Å². The summed E-state index contributed by atoms with van der Waals surface area (Å²) in [5.41, 5.74) is 3.79. The summed E-state index contributed by atoms with van der Waals surface area (Å²) in [6.07, 6.45) is 1.06. The van der Waals surface area contributed by atoms with Crippen molar-refractivity contribution in [3.63, 3.8) is 0 Å². The zero-order valence-corrected chi connectivity index (χ0v) is 10.9. The van der Waals surface area contributed by atoms with Crippen molar-refractivity contribution in [3.05, 3.63) is 35.0 Å². The van der Waals surface area contributed by atoms with Gasteiger partial charge in [-0.05, 0) is 38.3 Å². The van der Waals surface area contributed by atoms with Crippen molar-refractivity contribution < 1.29 is 9.90 Å². The lowest BCUT2D eigenvalue weighted by Gasteiger charge is -2.21. The highest BCUT2D eigenvalue weighted by molar-refractivity contribution is 5.95. The second kappa shape index (κ2) is 3.37. The van der Waals surface area contributed by atoms with E-state index in [0.29, 0.717) is 0 Å². The lowest BCUT2D eigenvalue weighted by molar-refractivity contribution is -0.142. The van der Waals surface area contributed by atoms with Crippen LogP contribution in [0.4, 0.5) is 0 Å². The van der Waals surface area contributed by atoms with E-state index in [0.717, 1.165) is 29.6 Å². The number of hydrogen-bond donors (Lipinski definition) is 1. The van der Waals surface area contributed by atoms with Gasteiger partial charge in [0.25, 0.3) is 0 Å². The predicted molar refractivity (Wildman–Crippen MR) is 71.0 cm³/mol. The zero-order chi connectivity index (χ0) is 13.1. The van der Waals surface area contributed by atoms with Gasteiger partial charge in [0.2, 0.25) is 0 Å². The van der Waals surface area contributed by atoms with E-state index in [4.69, 9.17) is 0 Å². The van der Waals surface area contributed by atoms with E-state index in [2.05, 4.69) is 10.6 Å². The molecule has 0 amide bonds. The highest BCUT2D eigenvalue weighted by Gasteiger charge is 2.36. The van der Waals surface area contributed by atoms with Crippen LogP contribution in [-0.4, -0.2) is 15.6 Å². The average molecular weight is 243 g/mol. The molecule has 18 heavy (non-hydrogen) atoms. The highest BCUT2D eigenvalue weighted by atomic mass is 16.4. The van der Waals surface area contributed by atoms with Gasteiger partial charge in [0.15, 0.2) is 0 Å². The fraction of sp³-hybridized carbons (Fsp3) is 0.400. The van der Waals surface area contributed by atoms with Crippen molar-refractivity contribution >= 4 is 16.9 Å². The number of hydrogen-bond acceptors (Lipinski definition) is 1. The van der Waals surface area contributed by atoms with Gasteiger partial charge in [-0.15, -0.1) is 0 Å². The van der Waals surface area contributed by atoms with Crippen LogP contribution in [0.15, 0.2) is 18.2 Å². The second-order valence-electron chi connectivity index (χ2n) is 5.61. The molecule has 2 aromatic rings. The van der Waals surface area contributed by atoms with E-state index >= 15 is 0 Å². The molecule has 94 valence electrons. The first-order chi connectivity index (χ1) is 8.44. The molecule has 0 saturated carbocycles. The number of aryl methyl sites for hydroxylation is 2. The smallest absolute Gasteiger partial charge is 0.313 e. The SMILES string of the molecule is Cc1c(C(C)(C)C(=O)O)c2cccc3c2n1CC3. The van der Waals surface area contributed by atoms with Crippen LogP contribution in [0.1, 0.15) is 30.7 Å². The van der Waals surface area contributed by atoms with E-state index in [9.17, 15) is 9.90 Å². The largest absolute Gasteiger partial charge is 0.481 e. The van der Waals surface area contributed by atoms with Crippen LogP contribution in [0, 0.1) is 6.92 Å². The summed E-state index contributed by atoms with van der Waals surface area (Å²) >= 11 is 0. The van der Waals surface area contributed by atoms with Crippen LogP contribution < -0.4 is 0 Å². The number of carbonyl (C=O) groups is 1. The van der Waals surface area contributed by atoms with Gasteiger partial charge in [0, 0.05) is 17.6 Å². The summed E-state index contributed by atoms with van der Waals surface area (Å²) < 4.78 is 2.27. The Morgan fingerprint density at radius 1 is 1.39 bits per heavy atom. The minimum atomic E-state index is -0.844.